The molecule has 0 aliphatic rings. The average molecular weight is 427 g/mol. The summed E-state index contributed by atoms with van der Waals surface area (Å²) in [6.07, 6.45) is -4.81. The van der Waals surface area contributed by atoms with Crippen molar-refractivity contribution < 1.29 is 27.4 Å². The molecule has 1 N–H and O–H groups in total. The molecule has 1 aromatic heterocycles. The number of nitrogens with zero attached hydrogens (tertiary/aromatic N) is 2. The summed E-state index contributed by atoms with van der Waals surface area (Å²) in [7, 11) is 0. The predicted molar refractivity (Wildman–Crippen MR) is 77.2 cm³/mol. The number of halogens is 4. The second-order valence-corrected chi connectivity index (χ2v) is 5.10. The van der Waals surface area contributed by atoms with Gasteiger partial charge in [-0.2, -0.15) is 10.3 Å². The van der Waals surface area contributed by atoms with Crippen LogP contribution >= 0.6 is 22.6 Å². The van der Waals surface area contributed by atoms with Gasteiger partial charge in [-0.15, -0.1) is 18.3 Å². The molecule has 6 nitrogen and oxygen atoms in total. The minimum atomic E-state index is -4.81. The van der Waals surface area contributed by atoms with E-state index in [1.165, 1.54) is 12.1 Å². The van der Waals surface area contributed by atoms with Crippen molar-refractivity contribution >= 4 is 28.6 Å². The van der Waals surface area contributed by atoms with Crippen molar-refractivity contribution in [2.24, 2.45) is 0 Å². The fourth-order valence-corrected chi connectivity index (χ4v) is 2.07. The summed E-state index contributed by atoms with van der Waals surface area (Å²) in [6, 6.07) is 4.06. The summed E-state index contributed by atoms with van der Waals surface area (Å²) in [5.74, 6) is -1.11. The van der Waals surface area contributed by atoms with Crippen molar-refractivity contribution in [2.75, 3.05) is 6.61 Å². The van der Waals surface area contributed by atoms with Gasteiger partial charge in [-0.1, -0.05) is 6.07 Å². The molecule has 0 fully saturated rings. The van der Waals surface area contributed by atoms with E-state index in [-0.39, 0.29) is 32.9 Å². The summed E-state index contributed by atoms with van der Waals surface area (Å²) in [6.45, 7) is 1.76. The Labute approximate surface area is 136 Å². The van der Waals surface area contributed by atoms with Gasteiger partial charge in [-0.3, -0.25) is 0 Å². The van der Waals surface area contributed by atoms with Crippen LogP contribution in [0, 0.1) is 3.57 Å². The fraction of sp³-hybridized carbons (Fsp3) is 0.250. The number of hydrogen-bond acceptors (Lipinski definition) is 5. The highest BCUT2D eigenvalue weighted by Crippen LogP contribution is 2.32. The number of aromatic amines is 1. The van der Waals surface area contributed by atoms with E-state index in [2.05, 4.69) is 20.1 Å². The van der Waals surface area contributed by atoms with Crippen LogP contribution in [0.4, 0.5) is 13.2 Å². The Bertz CT molecular complexity index is 688. The van der Waals surface area contributed by atoms with Crippen molar-refractivity contribution in [1.82, 2.24) is 15.4 Å². The first-order chi connectivity index (χ1) is 10.3. The molecule has 118 valence electrons. The van der Waals surface area contributed by atoms with Crippen LogP contribution in [-0.4, -0.2) is 34.3 Å². The molecule has 0 saturated carbocycles. The van der Waals surface area contributed by atoms with Crippen LogP contribution in [-0.2, 0) is 4.74 Å². The van der Waals surface area contributed by atoms with E-state index in [1.807, 2.05) is 0 Å². The largest absolute Gasteiger partial charge is 0.573 e. The molecule has 0 radical (unpaired) electrons. The molecule has 0 amide bonds. The van der Waals surface area contributed by atoms with E-state index in [9.17, 15) is 18.0 Å². The number of carbonyl (C=O) groups excluding carboxylic acids is 1. The zero-order valence-electron chi connectivity index (χ0n) is 11.1. The topological polar surface area (TPSA) is 77.1 Å². The Morgan fingerprint density at radius 1 is 1.36 bits per heavy atom. The maximum atomic E-state index is 12.4. The number of rotatable bonds is 4. The molecular formula is C12H9F3IN3O3. The van der Waals surface area contributed by atoms with Gasteiger partial charge in [-0.25, -0.2) is 4.79 Å². The standard InChI is InChI=1S/C12H9F3IN3O3/c1-2-21-11(20)10-9(17-19-18-10)6-3-4-7(16)8(5-6)22-12(13,14)15/h3-5H,2H2,1H3,(H,17,18,19). The summed E-state index contributed by atoms with van der Waals surface area (Å²) in [5.41, 5.74) is 0.222. The van der Waals surface area contributed by atoms with Crippen LogP contribution in [0.1, 0.15) is 17.4 Å². The maximum Gasteiger partial charge on any atom is 0.573 e. The summed E-state index contributed by atoms with van der Waals surface area (Å²) in [5, 5.41) is 9.70. The number of alkyl halides is 3. The summed E-state index contributed by atoms with van der Waals surface area (Å²) in [4.78, 5) is 11.7. The molecule has 1 heterocycles. The normalized spacial score (nSPS) is 11.3. The zero-order chi connectivity index (χ0) is 16.3. The number of H-pyrrole nitrogens is 1. The second-order valence-electron chi connectivity index (χ2n) is 3.93. The van der Waals surface area contributed by atoms with E-state index in [4.69, 9.17) is 4.74 Å². The highest BCUT2D eigenvalue weighted by Gasteiger charge is 2.32. The number of aromatic nitrogens is 3. The Morgan fingerprint density at radius 2 is 2.09 bits per heavy atom. The van der Waals surface area contributed by atoms with Gasteiger partial charge in [0.15, 0.2) is 5.69 Å². The molecule has 0 bridgehead atoms. The lowest BCUT2D eigenvalue weighted by Crippen LogP contribution is -2.17. The van der Waals surface area contributed by atoms with Crippen LogP contribution in [0.15, 0.2) is 18.2 Å². The lowest BCUT2D eigenvalue weighted by molar-refractivity contribution is -0.274. The van der Waals surface area contributed by atoms with E-state index in [0.717, 1.165) is 6.07 Å². The molecule has 0 aliphatic heterocycles. The van der Waals surface area contributed by atoms with E-state index < -0.39 is 12.3 Å². The molecule has 2 aromatic rings. The van der Waals surface area contributed by atoms with Gasteiger partial charge in [0.05, 0.1) is 10.2 Å². The quantitative estimate of drug-likeness (QED) is 0.600. The molecule has 0 aliphatic carbocycles. The SMILES string of the molecule is CCOC(=O)c1n[nH]nc1-c1ccc(I)c(OC(F)(F)F)c1. The van der Waals surface area contributed by atoms with Crippen LogP contribution in [0.25, 0.3) is 11.3 Å². The lowest BCUT2D eigenvalue weighted by atomic mass is 10.1. The van der Waals surface area contributed by atoms with Gasteiger partial charge in [0, 0.05) is 5.56 Å². The maximum absolute atomic E-state index is 12.4. The number of benzene rings is 1. The molecule has 1 aromatic carbocycles. The fourth-order valence-electron chi connectivity index (χ4n) is 1.63. The average Bonchev–Trinajstić information content (AvgIpc) is 2.89. The molecule has 10 heteroatoms. The first kappa shape index (κ1) is 16.5. The summed E-state index contributed by atoms with van der Waals surface area (Å²) < 4.78 is 46.1. The first-order valence-electron chi connectivity index (χ1n) is 5.95. The van der Waals surface area contributed by atoms with E-state index >= 15 is 0 Å². The van der Waals surface area contributed by atoms with Gasteiger partial charge in [0.25, 0.3) is 0 Å². The minimum Gasteiger partial charge on any atom is -0.461 e. The molecule has 22 heavy (non-hydrogen) atoms. The van der Waals surface area contributed by atoms with Crippen LogP contribution in [0.2, 0.25) is 0 Å². The van der Waals surface area contributed by atoms with Gasteiger partial charge in [-0.05, 0) is 41.6 Å². The lowest BCUT2D eigenvalue weighted by Gasteiger charge is -2.11. The van der Waals surface area contributed by atoms with Gasteiger partial charge in [0.1, 0.15) is 11.4 Å². The van der Waals surface area contributed by atoms with Crippen molar-refractivity contribution in [3.8, 4) is 17.0 Å². The number of esters is 1. The van der Waals surface area contributed by atoms with Crippen LogP contribution in [0.3, 0.4) is 0 Å². The van der Waals surface area contributed by atoms with Crippen molar-refractivity contribution in [2.45, 2.75) is 13.3 Å². The minimum absolute atomic E-state index is 0.0851. The highest BCUT2D eigenvalue weighted by atomic mass is 127. The van der Waals surface area contributed by atoms with Gasteiger partial charge >= 0.3 is 12.3 Å². The van der Waals surface area contributed by atoms with Crippen LogP contribution in [0.5, 0.6) is 5.75 Å². The monoisotopic (exact) mass is 427 g/mol. The number of ether oxygens (including phenoxy) is 2. The number of carbonyl (C=O) groups is 1. The third-order valence-corrected chi connectivity index (χ3v) is 3.34. The highest BCUT2D eigenvalue weighted by molar-refractivity contribution is 14.1. The first-order valence-corrected chi connectivity index (χ1v) is 7.03. The molecular weight excluding hydrogens is 418 g/mol. The third-order valence-electron chi connectivity index (χ3n) is 2.45. The van der Waals surface area contributed by atoms with Gasteiger partial charge in [0.2, 0.25) is 0 Å². The van der Waals surface area contributed by atoms with Crippen LogP contribution < -0.4 is 4.74 Å². The molecule has 0 atom stereocenters. The number of nitrogens with one attached hydrogen (secondary N) is 1. The number of hydrogen-bond donors (Lipinski definition) is 1. The Kier molecular flexibility index (Phi) is 4.88. The van der Waals surface area contributed by atoms with Crippen molar-refractivity contribution in [3.63, 3.8) is 0 Å². The third kappa shape index (κ3) is 3.87. The molecule has 2 rings (SSSR count). The molecule has 0 spiro atoms. The van der Waals surface area contributed by atoms with E-state index in [1.54, 1.807) is 29.5 Å². The Morgan fingerprint density at radius 3 is 2.73 bits per heavy atom. The Hall–Kier alpha value is -1.85. The predicted octanol–water partition coefficient (Wildman–Crippen LogP) is 3.15. The smallest absolute Gasteiger partial charge is 0.461 e. The Balaban J connectivity index is 2.40. The zero-order valence-corrected chi connectivity index (χ0v) is 13.2. The van der Waals surface area contributed by atoms with Gasteiger partial charge < -0.3 is 9.47 Å². The summed E-state index contributed by atoms with van der Waals surface area (Å²) >= 11 is 1.71. The van der Waals surface area contributed by atoms with Crippen molar-refractivity contribution in [3.05, 3.63) is 27.5 Å². The molecule has 0 unspecified atom stereocenters. The second kappa shape index (κ2) is 6.50. The molecule has 0 saturated heterocycles. The van der Waals surface area contributed by atoms with Crippen molar-refractivity contribution in [1.29, 1.82) is 0 Å². The van der Waals surface area contributed by atoms with E-state index in [0.29, 0.717) is 0 Å².